The molecule has 5 N–H and O–H groups in total. The minimum atomic E-state index is -1.63. The van der Waals surface area contributed by atoms with Gasteiger partial charge in [-0.1, -0.05) is 25.3 Å². The summed E-state index contributed by atoms with van der Waals surface area (Å²) in [6, 6.07) is 4.94. The van der Waals surface area contributed by atoms with Crippen LogP contribution < -0.4 is 9.47 Å². The van der Waals surface area contributed by atoms with Crippen LogP contribution in [0.5, 0.6) is 17.2 Å². The van der Waals surface area contributed by atoms with Crippen molar-refractivity contribution in [3.8, 4) is 17.2 Å². The normalized spacial score (nSPS) is 28.1. The van der Waals surface area contributed by atoms with Crippen LogP contribution in [0.2, 0.25) is 0 Å². The summed E-state index contributed by atoms with van der Waals surface area (Å²) in [5, 5.41) is 52.1. The fraction of sp³-hybridized carbons (Fsp3) is 0.560. The number of rotatable bonds is 6. The number of aromatic hydroxyl groups is 1. The van der Waals surface area contributed by atoms with Crippen molar-refractivity contribution in [2.45, 2.75) is 69.7 Å². The maximum absolute atomic E-state index is 13.3. The second kappa shape index (κ2) is 10.1. The average Bonchev–Trinajstić information content (AvgIpc) is 2.84. The highest BCUT2D eigenvalue weighted by molar-refractivity contribution is 6.09. The molecule has 2 aromatic carbocycles. The Morgan fingerprint density at radius 3 is 2.41 bits per heavy atom. The first kappa shape index (κ1) is 24.7. The van der Waals surface area contributed by atoms with Crippen molar-refractivity contribution in [1.29, 1.82) is 0 Å². The molecule has 0 radical (unpaired) electrons. The molecule has 5 atom stereocenters. The zero-order valence-corrected chi connectivity index (χ0v) is 19.3. The molecule has 1 saturated heterocycles. The van der Waals surface area contributed by atoms with Gasteiger partial charge in [0.2, 0.25) is 6.29 Å². The molecule has 0 spiro atoms. The summed E-state index contributed by atoms with van der Waals surface area (Å²) in [5.74, 6) is -0.0194. The molecule has 34 heavy (non-hydrogen) atoms. The molecule has 2 fully saturated rings. The number of phenols is 1. The lowest BCUT2D eigenvalue weighted by atomic mass is 9.82. The van der Waals surface area contributed by atoms with E-state index in [2.05, 4.69) is 0 Å². The molecule has 0 bridgehead atoms. The van der Waals surface area contributed by atoms with E-state index in [1.807, 2.05) is 0 Å². The average molecular weight is 477 g/mol. The molecule has 2 aromatic rings. The van der Waals surface area contributed by atoms with Crippen LogP contribution in [0, 0.1) is 12.8 Å². The number of methoxy groups -OCH3 is 1. The van der Waals surface area contributed by atoms with Gasteiger partial charge in [0, 0.05) is 12.0 Å². The van der Waals surface area contributed by atoms with E-state index in [0.717, 1.165) is 32.1 Å². The number of hydrogen-bond acceptors (Lipinski definition) is 9. The van der Waals surface area contributed by atoms with Crippen molar-refractivity contribution >= 4 is 16.6 Å². The lowest BCUT2D eigenvalue weighted by Crippen LogP contribution is -2.60. The van der Waals surface area contributed by atoms with Crippen LogP contribution in [0.15, 0.2) is 18.2 Å². The summed E-state index contributed by atoms with van der Waals surface area (Å²) in [6.45, 7) is 1.17. The van der Waals surface area contributed by atoms with Crippen LogP contribution in [0.25, 0.3) is 10.8 Å². The monoisotopic (exact) mass is 476 g/mol. The Balaban J connectivity index is 1.78. The number of phenolic OH excluding ortho intramolecular Hbond substituents is 1. The zero-order chi connectivity index (χ0) is 24.6. The van der Waals surface area contributed by atoms with Crippen LogP contribution in [0.3, 0.4) is 0 Å². The second-order valence-electron chi connectivity index (χ2n) is 9.16. The highest BCUT2D eigenvalue weighted by atomic mass is 16.7. The number of ether oxygens (including phenoxy) is 3. The highest BCUT2D eigenvalue weighted by Gasteiger charge is 2.45. The van der Waals surface area contributed by atoms with E-state index < -0.39 is 37.3 Å². The molecule has 9 nitrogen and oxygen atoms in total. The van der Waals surface area contributed by atoms with Crippen LogP contribution in [0.1, 0.15) is 48.0 Å². The van der Waals surface area contributed by atoms with Gasteiger partial charge in [-0.25, -0.2) is 0 Å². The Labute approximate surface area is 197 Å². The van der Waals surface area contributed by atoms with E-state index in [9.17, 15) is 30.3 Å². The summed E-state index contributed by atoms with van der Waals surface area (Å²) < 4.78 is 16.7. The lowest BCUT2D eigenvalue weighted by Gasteiger charge is -2.39. The third kappa shape index (κ3) is 4.46. The first-order valence-corrected chi connectivity index (χ1v) is 11.6. The Bertz CT molecular complexity index is 1040. The number of ketones is 1. The molecular formula is C25H32O9. The lowest BCUT2D eigenvalue weighted by molar-refractivity contribution is -0.277. The van der Waals surface area contributed by atoms with Gasteiger partial charge in [0.15, 0.2) is 5.78 Å². The molecule has 1 saturated carbocycles. The van der Waals surface area contributed by atoms with Gasteiger partial charge in [-0.15, -0.1) is 0 Å². The van der Waals surface area contributed by atoms with E-state index >= 15 is 0 Å². The number of hydrogen-bond donors (Lipinski definition) is 5. The second-order valence-corrected chi connectivity index (χ2v) is 9.16. The van der Waals surface area contributed by atoms with Gasteiger partial charge in [-0.2, -0.15) is 0 Å². The Morgan fingerprint density at radius 2 is 1.76 bits per heavy atom. The van der Waals surface area contributed by atoms with Crippen LogP contribution in [-0.4, -0.2) is 75.7 Å². The summed E-state index contributed by atoms with van der Waals surface area (Å²) >= 11 is 0. The third-order valence-electron chi connectivity index (χ3n) is 6.90. The summed E-state index contributed by atoms with van der Waals surface area (Å²) in [7, 11) is 1.46. The summed E-state index contributed by atoms with van der Waals surface area (Å²) in [5.41, 5.74) is 0.871. The van der Waals surface area contributed by atoms with E-state index in [4.69, 9.17) is 14.2 Å². The molecule has 186 valence electrons. The molecule has 0 amide bonds. The number of benzene rings is 2. The van der Waals surface area contributed by atoms with E-state index in [1.165, 1.54) is 13.2 Å². The molecule has 2 aliphatic rings. The fourth-order valence-corrected chi connectivity index (χ4v) is 4.98. The van der Waals surface area contributed by atoms with Crippen molar-refractivity contribution < 1.29 is 44.5 Å². The van der Waals surface area contributed by atoms with Crippen molar-refractivity contribution in [2.75, 3.05) is 13.7 Å². The van der Waals surface area contributed by atoms with Gasteiger partial charge in [0.25, 0.3) is 0 Å². The Morgan fingerprint density at radius 1 is 1.06 bits per heavy atom. The molecule has 1 heterocycles. The van der Waals surface area contributed by atoms with Gasteiger partial charge in [0.05, 0.1) is 24.7 Å². The van der Waals surface area contributed by atoms with Crippen molar-refractivity contribution in [3.05, 3.63) is 29.3 Å². The van der Waals surface area contributed by atoms with Crippen LogP contribution >= 0.6 is 0 Å². The van der Waals surface area contributed by atoms with Crippen molar-refractivity contribution in [2.24, 2.45) is 5.92 Å². The Kier molecular flexibility index (Phi) is 7.30. The van der Waals surface area contributed by atoms with E-state index in [1.54, 1.807) is 19.1 Å². The van der Waals surface area contributed by atoms with Crippen LogP contribution in [0.4, 0.5) is 0 Å². The minimum absolute atomic E-state index is 0.0638. The van der Waals surface area contributed by atoms with Gasteiger partial charge in [0.1, 0.15) is 41.7 Å². The van der Waals surface area contributed by atoms with Gasteiger partial charge in [-0.05, 0) is 36.8 Å². The molecule has 1 aliphatic heterocycles. The maximum atomic E-state index is 13.3. The molecular weight excluding hydrogens is 444 g/mol. The minimum Gasteiger partial charge on any atom is -0.506 e. The van der Waals surface area contributed by atoms with Crippen molar-refractivity contribution in [3.63, 3.8) is 0 Å². The standard InChI is InChI=1S/C25H32O9/c1-12-8-14-9-15(32-2)10-16(33-25-24(31)23(30)21(28)17(11-26)34-25)19(14)22(29)18(12)20(27)13-6-4-3-5-7-13/h8-10,13,17,21,23-26,28-31H,3-7,11H2,1-2H3/t17-,21-,23+,24-,25-/m1/s1. The Hall–Kier alpha value is -2.43. The quantitative estimate of drug-likeness (QED) is 0.394. The number of aliphatic hydroxyl groups is 4. The zero-order valence-electron chi connectivity index (χ0n) is 19.3. The summed E-state index contributed by atoms with van der Waals surface area (Å²) in [6.07, 6.45) is -2.76. The number of aryl methyl sites for hydroxylation is 1. The van der Waals surface area contributed by atoms with Gasteiger partial charge < -0.3 is 39.7 Å². The first-order valence-electron chi connectivity index (χ1n) is 11.6. The topological polar surface area (TPSA) is 146 Å². The number of aliphatic hydroxyl groups excluding tert-OH is 4. The molecule has 4 rings (SSSR count). The smallest absolute Gasteiger partial charge is 0.229 e. The largest absolute Gasteiger partial charge is 0.506 e. The predicted molar refractivity (Wildman–Crippen MR) is 122 cm³/mol. The number of carbonyl (C=O) groups excluding carboxylic acids is 1. The number of fused-ring (bicyclic) bond motifs is 1. The molecule has 1 aliphatic carbocycles. The fourth-order valence-electron chi connectivity index (χ4n) is 4.98. The van der Waals surface area contributed by atoms with Gasteiger partial charge >= 0.3 is 0 Å². The number of Topliss-reactive ketones (excluding diaryl/α,β-unsaturated/α-hetero) is 1. The molecule has 9 heteroatoms. The van der Waals surface area contributed by atoms with E-state index in [-0.39, 0.29) is 34.1 Å². The maximum Gasteiger partial charge on any atom is 0.229 e. The molecule has 0 aromatic heterocycles. The predicted octanol–water partition coefficient (Wildman–Crippen LogP) is 1.80. The first-order chi connectivity index (χ1) is 16.3. The SMILES string of the molecule is COc1cc(O[C@@H]2O[C@H](CO)[C@@H](O)[C@H](O)[C@H]2O)c2c(O)c(C(=O)C3CCCCC3)c(C)cc2c1. The summed E-state index contributed by atoms with van der Waals surface area (Å²) in [4.78, 5) is 13.3. The van der Waals surface area contributed by atoms with Gasteiger partial charge in [-0.3, -0.25) is 4.79 Å². The highest BCUT2D eigenvalue weighted by Crippen LogP contribution is 2.43. The van der Waals surface area contributed by atoms with E-state index in [0.29, 0.717) is 16.7 Å². The third-order valence-corrected chi connectivity index (χ3v) is 6.90. The van der Waals surface area contributed by atoms with Crippen LogP contribution in [-0.2, 0) is 4.74 Å². The molecule has 0 unspecified atom stereocenters. The van der Waals surface area contributed by atoms with Crippen molar-refractivity contribution in [1.82, 2.24) is 0 Å². The number of carbonyl (C=O) groups is 1.